The van der Waals surface area contributed by atoms with Crippen LogP contribution in [0.3, 0.4) is 0 Å². The van der Waals surface area contributed by atoms with Gasteiger partial charge in [0.05, 0.1) is 12.7 Å². The van der Waals surface area contributed by atoms with Gasteiger partial charge in [-0.05, 0) is 44.5 Å². The number of rotatable bonds is 3. The Kier molecular flexibility index (Phi) is 5.02. The van der Waals surface area contributed by atoms with Gasteiger partial charge in [-0.1, -0.05) is 6.07 Å². The Morgan fingerprint density at radius 2 is 1.90 bits per heavy atom. The first-order valence-corrected chi connectivity index (χ1v) is 6.02. The Bertz CT molecular complexity index is 541. The predicted molar refractivity (Wildman–Crippen MR) is 72.6 cm³/mol. The minimum absolute atomic E-state index is 0.182. The molecule has 0 fully saturated rings. The largest absolute Gasteiger partial charge is 0.465 e. The Morgan fingerprint density at radius 1 is 1.25 bits per heavy atom. The summed E-state index contributed by atoms with van der Waals surface area (Å²) in [5, 5.41) is 0. The summed E-state index contributed by atoms with van der Waals surface area (Å²) in [5.41, 5.74) is -0.266. The van der Waals surface area contributed by atoms with Crippen molar-refractivity contribution in [2.75, 3.05) is 7.11 Å². The molecule has 0 spiro atoms. The molecule has 1 aromatic carbocycles. The van der Waals surface area contributed by atoms with E-state index in [0.29, 0.717) is 5.56 Å². The second-order valence-electron chi connectivity index (χ2n) is 5.10. The van der Waals surface area contributed by atoms with Crippen molar-refractivity contribution in [3.05, 3.63) is 41.2 Å². The minimum Gasteiger partial charge on any atom is -0.465 e. The maximum atomic E-state index is 13.4. The quantitative estimate of drug-likeness (QED) is 0.631. The number of methoxy groups -OCH3 is 1. The third kappa shape index (κ3) is 4.84. The molecule has 0 aliphatic carbocycles. The zero-order chi connectivity index (χ0) is 15.3. The number of carbonyl (C=O) groups excluding carboxylic acids is 2. The molecule has 1 aromatic rings. The molecule has 0 atom stereocenters. The molecule has 0 aliphatic heterocycles. The zero-order valence-corrected chi connectivity index (χ0v) is 11.9. The van der Waals surface area contributed by atoms with Crippen LogP contribution in [0.25, 0.3) is 6.08 Å². The van der Waals surface area contributed by atoms with Crippen molar-refractivity contribution in [1.29, 1.82) is 0 Å². The van der Waals surface area contributed by atoms with E-state index in [1.54, 1.807) is 20.8 Å². The molecule has 0 heterocycles. The van der Waals surface area contributed by atoms with Crippen LogP contribution >= 0.6 is 0 Å². The average Bonchev–Trinajstić information content (AvgIpc) is 2.35. The molecule has 5 heteroatoms. The minimum atomic E-state index is -0.769. The number of benzene rings is 1. The Morgan fingerprint density at radius 3 is 2.45 bits per heavy atom. The SMILES string of the molecule is COC(=O)c1cc(C=CC(=O)OC(C)(C)C)ccc1F. The van der Waals surface area contributed by atoms with Crippen LogP contribution in [0.15, 0.2) is 24.3 Å². The van der Waals surface area contributed by atoms with E-state index in [1.165, 1.54) is 31.4 Å². The molecule has 0 aliphatic rings. The maximum Gasteiger partial charge on any atom is 0.340 e. The van der Waals surface area contributed by atoms with Crippen LogP contribution in [0.5, 0.6) is 0 Å². The fourth-order valence-corrected chi connectivity index (χ4v) is 1.41. The topological polar surface area (TPSA) is 52.6 Å². The first-order chi connectivity index (χ1) is 9.23. The predicted octanol–water partition coefficient (Wildman–Crippen LogP) is 2.97. The molecular formula is C15H17FO4. The summed E-state index contributed by atoms with van der Waals surface area (Å²) >= 11 is 0. The summed E-state index contributed by atoms with van der Waals surface area (Å²) in [6.45, 7) is 5.27. The average molecular weight is 280 g/mol. The van der Waals surface area contributed by atoms with E-state index < -0.39 is 23.4 Å². The molecule has 108 valence electrons. The van der Waals surface area contributed by atoms with Gasteiger partial charge in [0.25, 0.3) is 0 Å². The van der Waals surface area contributed by atoms with Crippen molar-refractivity contribution in [1.82, 2.24) is 0 Å². The highest BCUT2D eigenvalue weighted by Crippen LogP contribution is 2.14. The summed E-state index contributed by atoms with van der Waals surface area (Å²) in [5.74, 6) is -1.96. The van der Waals surface area contributed by atoms with E-state index in [-0.39, 0.29) is 5.56 Å². The van der Waals surface area contributed by atoms with E-state index in [0.717, 1.165) is 6.07 Å². The molecule has 20 heavy (non-hydrogen) atoms. The lowest BCUT2D eigenvalue weighted by molar-refractivity contribution is -0.148. The molecule has 0 amide bonds. The second-order valence-corrected chi connectivity index (χ2v) is 5.10. The number of hydrogen-bond donors (Lipinski definition) is 0. The van der Waals surface area contributed by atoms with Crippen LogP contribution in [0.4, 0.5) is 4.39 Å². The van der Waals surface area contributed by atoms with Crippen molar-refractivity contribution in [2.45, 2.75) is 26.4 Å². The number of carbonyl (C=O) groups is 2. The van der Waals surface area contributed by atoms with Gasteiger partial charge in [-0.3, -0.25) is 0 Å². The molecule has 0 bridgehead atoms. The van der Waals surface area contributed by atoms with Crippen LogP contribution in [0, 0.1) is 5.82 Å². The summed E-state index contributed by atoms with van der Waals surface area (Å²) in [6, 6.07) is 3.89. The Hall–Kier alpha value is -2.17. The molecule has 4 nitrogen and oxygen atoms in total. The smallest absolute Gasteiger partial charge is 0.340 e. The normalized spacial score (nSPS) is 11.4. The molecule has 1 rings (SSSR count). The van der Waals surface area contributed by atoms with Crippen molar-refractivity contribution >= 4 is 18.0 Å². The highest BCUT2D eigenvalue weighted by atomic mass is 19.1. The fraction of sp³-hybridized carbons (Fsp3) is 0.333. The van der Waals surface area contributed by atoms with Crippen LogP contribution < -0.4 is 0 Å². The standard InChI is InChI=1S/C15H17FO4/c1-15(2,3)20-13(17)8-6-10-5-7-12(16)11(9-10)14(18)19-4/h5-9H,1-4H3. The first-order valence-electron chi connectivity index (χ1n) is 6.02. The van der Waals surface area contributed by atoms with Crippen LogP contribution in [-0.4, -0.2) is 24.6 Å². The van der Waals surface area contributed by atoms with Crippen molar-refractivity contribution in [3.63, 3.8) is 0 Å². The van der Waals surface area contributed by atoms with Crippen molar-refractivity contribution < 1.29 is 23.5 Å². The van der Waals surface area contributed by atoms with E-state index in [2.05, 4.69) is 4.74 Å². The molecule has 0 saturated carbocycles. The third-order valence-electron chi connectivity index (χ3n) is 2.21. The number of halogens is 1. The third-order valence-corrected chi connectivity index (χ3v) is 2.21. The molecule has 0 saturated heterocycles. The zero-order valence-electron chi connectivity index (χ0n) is 11.9. The van der Waals surface area contributed by atoms with Crippen molar-refractivity contribution in [3.8, 4) is 0 Å². The van der Waals surface area contributed by atoms with Gasteiger partial charge in [0.1, 0.15) is 11.4 Å². The molecule has 0 N–H and O–H groups in total. The molecule has 0 unspecified atom stereocenters. The van der Waals surface area contributed by atoms with E-state index in [4.69, 9.17) is 4.74 Å². The van der Waals surface area contributed by atoms with Gasteiger partial charge in [-0.25, -0.2) is 14.0 Å². The van der Waals surface area contributed by atoms with E-state index in [9.17, 15) is 14.0 Å². The highest BCUT2D eigenvalue weighted by Gasteiger charge is 2.14. The fourth-order valence-electron chi connectivity index (χ4n) is 1.41. The van der Waals surface area contributed by atoms with Gasteiger partial charge < -0.3 is 9.47 Å². The Labute approximate surface area is 117 Å². The molecule has 0 radical (unpaired) electrons. The summed E-state index contributed by atoms with van der Waals surface area (Å²) < 4.78 is 23.0. The number of esters is 2. The number of hydrogen-bond acceptors (Lipinski definition) is 4. The van der Waals surface area contributed by atoms with Crippen LogP contribution in [-0.2, 0) is 14.3 Å². The van der Waals surface area contributed by atoms with Gasteiger partial charge in [-0.15, -0.1) is 0 Å². The van der Waals surface area contributed by atoms with Gasteiger partial charge in [0.15, 0.2) is 0 Å². The summed E-state index contributed by atoms with van der Waals surface area (Å²) in [7, 11) is 1.17. The highest BCUT2D eigenvalue weighted by molar-refractivity contribution is 5.91. The van der Waals surface area contributed by atoms with Gasteiger partial charge in [0.2, 0.25) is 0 Å². The maximum absolute atomic E-state index is 13.4. The van der Waals surface area contributed by atoms with Crippen LogP contribution in [0.1, 0.15) is 36.7 Å². The van der Waals surface area contributed by atoms with Crippen molar-refractivity contribution in [2.24, 2.45) is 0 Å². The first kappa shape index (κ1) is 15.9. The van der Waals surface area contributed by atoms with E-state index in [1.807, 2.05) is 0 Å². The summed E-state index contributed by atoms with van der Waals surface area (Å²) in [4.78, 5) is 22.8. The van der Waals surface area contributed by atoms with Gasteiger partial charge in [-0.2, -0.15) is 0 Å². The van der Waals surface area contributed by atoms with Gasteiger partial charge >= 0.3 is 11.9 Å². The number of ether oxygens (including phenoxy) is 2. The monoisotopic (exact) mass is 280 g/mol. The Balaban J connectivity index is 2.88. The second kappa shape index (κ2) is 6.32. The van der Waals surface area contributed by atoms with E-state index >= 15 is 0 Å². The molecular weight excluding hydrogens is 263 g/mol. The van der Waals surface area contributed by atoms with Gasteiger partial charge in [0, 0.05) is 6.08 Å². The van der Waals surface area contributed by atoms with Crippen LogP contribution in [0.2, 0.25) is 0 Å². The lowest BCUT2D eigenvalue weighted by Gasteiger charge is -2.17. The lowest BCUT2D eigenvalue weighted by atomic mass is 10.1. The lowest BCUT2D eigenvalue weighted by Crippen LogP contribution is -2.22. The summed E-state index contributed by atoms with van der Waals surface area (Å²) in [6.07, 6.45) is 2.67. The molecule has 0 aromatic heterocycles.